The van der Waals surface area contributed by atoms with Crippen molar-refractivity contribution in [1.82, 2.24) is 19.7 Å². The topological polar surface area (TPSA) is 89.8 Å². The molecule has 0 unspecified atom stereocenters. The van der Waals surface area contributed by atoms with Crippen LogP contribution < -0.4 is 5.32 Å². The molecule has 0 spiro atoms. The van der Waals surface area contributed by atoms with Gasteiger partial charge in [-0.3, -0.25) is 9.59 Å². The van der Waals surface area contributed by atoms with Gasteiger partial charge in [0, 0.05) is 13.8 Å². The van der Waals surface area contributed by atoms with Crippen LogP contribution in [0.3, 0.4) is 0 Å². The van der Waals surface area contributed by atoms with Crippen LogP contribution in [0.5, 0.6) is 0 Å². The third-order valence-electron chi connectivity index (χ3n) is 1.75. The zero-order valence-electron chi connectivity index (χ0n) is 9.58. The molecule has 18 heavy (non-hydrogen) atoms. The number of aromatic nitrogens is 4. The Bertz CT molecular complexity index is 591. The Morgan fingerprint density at radius 2 is 2.17 bits per heavy atom. The van der Waals surface area contributed by atoms with Crippen LogP contribution >= 0.6 is 23.1 Å². The first-order valence-corrected chi connectivity index (χ1v) is 6.52. The van der Waals surface area contributed by atoms with Crippen molar-refractivity contribution in [2.75, 3.05) is 5.32 Å². The van der Waals surface area contributed by atoms with Crippen LogP contribution in [0, 0.1) is 0 Å². The summed E-state index contributed by atoms with van der Waals surface area (Å²) in [6.45, 7) is 2.83. The molecule has 0 atom stereocenters. The smallest absolute Gasteiger partial charge is 0.245 e. The Kier molecular flexibility index (Phi) is 3.72. The van der Waals surface area contributed by atoms with Crippen molar-refractivity contribution in [2.24, 2.45) is 0 Å². The lowest BCUT2D eigenvalue weighted by Crippen LogP contribution is -2.05. The zero-order valence-corrected chi connectivity index (χ0v) is 11.2. The van der Waals surface area contributed by atoms with Gasteiger partial charge in [0.15, 0.2) is 5.13 Å². The number of anilines is 1. The van der Waals surface area contributed by atoms with E-state index in [9.17, 15) is 9.59 Å². The van der Waals surface area contributed by atoms with E-state index in [0.29, 0.717) is 10.3 Å². The summed E-state index contributed by atoms with van der Waals surface area (Å²) in [5.74, 6) is -0.363. The first kappa shape index (κ1) is 12.7. The van der Waals surface area contributed by atoms with Crippen LogP contribution in [-0.4, -0.2) is 31.6 Å². The Morgan fingerprint density at radius 3 is 2.78 bits per heavy atom. The normalized spacial score (nSPS) is 10.3. The highest BCUT2D eigenvalue weighted by Crippen LogP contribution is 2.31. The Morgan fingerprint density at radius 1 is 1.39 bits per heavy atom. The molecule has 0 aliphatic carbocycles. The number of nitrogens with one attached hydrogen (secondary N) is 1. The lowest BCUT2D eigenvalue weighted by atomic mass is 10.7. The molecule has 0 aliphatic heterocycles. The van der Waals surface area contributed by atoms with Gasteiger partial charge in [0.2, 0.25) is 17.0 Å². The minimum atomic E-state index is -0.197. The Labute approximate surface area is 111 Å². The minimum Gasteiger partial charge on any atom is -0.302 e. The summed E-state index contributed by atoms with van der Waals surface area (Å²) < 4.78 is 2.00. The third-order valence-corrected chi connectivity index (χ3v) is 3.64. The average Bonchev–Trinajstić information content (AvgIpc) is 2.88. The fourth-order valence-electron chi connectivity index (χ4n) is 1.05. The first-order valence-electron chi connectivity index (χ1n) is 4.88. The molecule has 2 aromatic rings. The molecule has 2 rings (SSSR count). The van der Waals surface area contributed by atoms with Crippen LogP contribution in [-0.2, 0) is 4.79 Å². The number of amides is 1. The van der Waals surface area contributed by atoms with Gasteiger partial charge in [-0.05, 0) is 11.8 Å². The molecule has 0 aliphatic rings. The molecule has 1 amide bonds. The molecule has 0 aromatic carbocycles. The monoisotopic (exact) mass is 283 g/mol. The number of carbonyl (C=O) groups excluding carboxylic acids is 2. The Balaban J connectivity index is 2.06. The molecule has 0 fully saturated rings. The van der Waals surface area contributed by atoms with Crippen molar-refractivity contribution < 1.29 is 9.59 Å². The van der Waals surface area contributed by atoms with E-state index >= 15 is 0 Å². The molecule has 0 saturated carbocycles. The highest BCUT2D eigenvalue weighted by molar-refractivity contribution is 8.01. The van der Waals surface area contributed by atoms with E-state index in [1.807, 2.05) is 0 Å². The second-order valence-corrected chi connectivity index (χ2v) is 5.56. The molecular formula is C9H9N5O2S2. The van der Waals surface area contributed by atoms with Gasteiger partial charge in [-0.15, -0.1) is 5.10 Å². The highest BCUT2D eigenvalue weighted by Gasteiger charge is 2.09. The quantitative estimate of drug-likeness (QED) is 0.918. The number of hydrogen-bond acceptors (Lipinski definition) is 7. The van der Waals surface area contributed by atoms with Gasteiger partial charge in [-0.1, -0.05) is 11.3 Å². The zero-order chi connectivity index (χ0) is 13.1. The summed E-state index contributed by atoms with van der Waals surface area (Å²) in [6.07, 6.45) is 2.98. The predicted molar refractivity (Wildman–Crippen MR) is 66.9 cm³/mol. The first-order chi connectivity index (χ1) is 8.54. The maximum atomic E-state index is 11.0. The number of carbonyl (C=O) groups is 2. The van der Waals surface area contributed by atoms with Gasteiger partial charge < -0.3 is 5.32 Å². The minimum absolute atomic E-state index is 0.167. The molecule has 0 radical (unpaired) electrons. The molecule has 9 heteroatoms. The summed E-state index contributed by atoms with van der Waals surface area (Å²) >= 11 is 2.60. The summed E-state index contributed by atoms with van der Waals surface area (Å²) in [7, 11) is 0. The summed E-state index contributed by atoms with van der Waals surface area (Å²) in [4.78, 5) is 29.9. The van der Waals surface area contributed by atoms with Gasteiger partial charge in [-0.25, -0.2) is 9.97 Å². The number of hydrogen-bond donors (Lipinski definition) is 1. The van der Waals surface area contributed by atoms with Crippen molar-refractivity contribution in [3.05, 3.63) is 12.5 Å². The van der Waals surface area contributed by atoms with Crippen LogP contribution in [0.15, 0.2) is 21.9 Å². The number of nitrogens with zero attached hydrogens (tertiary/aromatic N) is 4. The SMILES string of the molecule is CC(=O)Nc1ncc(Sc2ncn(C(C)=O)n2)s1. The van der Waals surface area contributed by atoms with E-state index in [0.717, 1.165) is 8.89 Å². The van der Waals surface area contributed by atoms with E-state index in [4.69, 9.17) is 0 Å². The highest BCUT2D eigenvalue weighted by atomic mass is 32.2. The number of thiazole rings is 1. The lowest BCUT2D eigenvalue weighted by molar-refractivity contribution is -0.114. The van der Waals surface area contributed by atoms with Crippen LogP contribution in [0.25, 0.3) is 0 Å². The number of rotatable bonds is 3. The molecular weight excluding hydrogens is 274 g/mol. The molecule has 0 bridgehead atoms. The van der Waals surface area contributed by atoms with Gasteiger partial charge in [0.1, 0.15) is 6.33 Å². The molecule has 2 heterocycles. The lowest BCUT2D eigenvalue weighted by Gasteiger charge is -1.92. The van der Waals surface area contributed by atoms with E-state index < -0.39 is 0 Å². The fraction of sp³-hybridized carbons (Fsp3) is 0.222. The van der Waals surface area contributed by atoms with Crippen LogP contribution in [0.2, 0.25) is 0 Å². The molecule has 94 valence electrons. The fourth-order valence-corrected chi connectivity index (χ4v) is 2.79. The predicted octanol–water partition coefficient (Wildman–Crippen LogP) is 1.50. The van der Waals surface area contributed by atoms with Crippen molar-refractivity contribution in [3.8, 4) is 0 Å². The van der Waals surface area contributed by atoms with Crippen molar-refractivity contribution in [3.63, 3.8) is 0 Å². The summed E-state index contributed by atoms with van der Waals surface area (Å²) in [5, 5.41) is 7.56. The van der Waals surface area contributed by atoms with Crippen molar-refractivity contribution in [1.29, 1.82) is 0 Å². The average molecular weight is 283 g/mol. The molecule has 7 nitrogen and oxygen atoms in total. The van der Waals surface area contributed by atoms with E-state index in [2.05, 4.69) is 20.4 Å². The third kappa shape index (κ3) is 3.14. The summed E-state index contributed by atoms with van der Waals surface area (Å²) in [6, 6.07) is 0. The van der Waals surface area contributed by atoms with E-state index in [1.165, 1.54) is 43.3 Å². The van der Waals surface area contributed by atoms with Gasteiger partial charge in [-0.2, -0.15) is 4.68 Å². The maximum Gasteiger partial charge on any atom is 0.245 e. The molecule has 1 N–H and O–H groups in total. The Hall–Kier alpha value is -1.74. The van der Waals surface area contributed by atoms with Crippen LogP contribution in [0.4, 0.5) is 5.13 Å². The van der Waals surface area contributed by atoms with Gasteiger partial charge in [0.05, 0.1) is 10.4 Å². The summed E-state index contributed by atoms with van der Waals surface area (Å²) in [5.41, 5.74) is 0. The largest absolute Gasteiger partial charge is 0.302 e. The standard InChI is InChI=1S/C9H9N5O2S2/c1-5(15)12-8-10-3-7(17-8)18-9-11-4-14(13-9)6(2)16/h3-4H,1-2H3,(H,10,12,15). The molecule has 2 aromatic heterocycles. The van der Waals surface area contributed by atoms with Crippen LogP contribution in [0.1, 0.15) is 18.6 Å². The maximum absolute atomic E-state index is 11.0. The van der Waals surface area contributed by atoms with Crippen molar-refractivity contribution >= 4 is 40.0 Å². The second-order valence-electron chi connectivity index (χ2n) is 3.26. The van der Waals surface area contributed by atoms with Crippen molar-refractivity contribution in [2.45, 2.75) is 23.2 Å². The van der Waals surface area contributed by atoms with E-state index in [1.54, 1.807) is 6.20 Å². The van der Waals surface area contributed by atoms with Gasteiger partial charge in [0.25, 0.3) is 0 Å². The van der Waals surface area contributed by atoms with Gasteiger partial charge >= 0.3 is 0 Å². The second kappa shape index (κ2) is 5.27. The molecule has 0 saturated heterocycles. The van der Waals surface area contributed by atoms with E-state index in [-0.39, 0.29) is 11.8 Å².